The first-order valence-electron chi connectivity index (χ1n) is 14.1. The summed E-state index contributed by atoms with van der Waals surface area (Å²) >= 11 is 0. The molecule has 0 aliphatic carbocycles. The van der Waals surface area contributed by atoms with Gasteiger partial charge >= 0.3 is 0 Å². The van der Waals surface area contributed by atoms with Crippen LogP contribution in [-0.2, 0) is 0 Å². The summed E-state index contributed by atoms with van der Waals surface area (Å²) in [5.41, 5.74) is 0. The van der Waals surface area contributed by atoms with Crippen molar-refractivity contribution in [3.8, 4) is 0 Å². The van der Waals surface area contributed by atoms with Crippen LogP contribution >= 0.6 is 0 Å². The highest BCUT2D eigenvalue weighted by atomic mass is 14.1. The van der Waals surface area contributed by atoms with E-state index in [2.05, 4.69) is 20.8 Å². The molecule has 29 heavy (non-hydrogen) atoms. The van der Waals surface area contributed by atoms with Crippen LogP contribution in [0.2, 0.25) is 0 Å². The monoisotopic (exact) mass is 407 g/mol. The summed E-state index contributed by atoms with van der Waals surface area (Å²) in [4.78, 5) is 0. The zero-order chi connectivity index (χ0) is 21.3. The van der Waals surface area contributed by atoms with E-state index in [4.69, 9.17) is 0 Å². The first-order chi connectivity index (χ1) is 14.3. The fourth-order valence-corrected chi connectivity index (χ4v) is 4.71. The normalized spacial score (nSPS) is 12.5. The van der Waals surface area contributed by atoms with Crippen LogP contribution in [0.15, 0.2) is 0 Å². The minimum absolute atomic E-state index is 1.00. The molecule has 0 aromatic rings. The van der Waals surface area contributed by atoms with E-state index >= 15 is 0 Å². The average molecular weight is 408 g/mol. The quantitative estimate of drug-likeness (QED) is 0.132. The van der Waals surface area contributed by atoms with Gasteiger partial charge in [-0.05, 0) is 5.92 Å². The lowest BCUT2D eigenvalue weighted by Gasteiger charge is -2.16. The Balaban J connectivity index is 3.39. The summed E-state index contributed by atoms with van der Waals surface area (Å²) in [7, 11) is 0. The largest absolute Gasteiger partial charge is 0.0654 e. The fourth-order valence-electron chi connectivity index (χ4n) is 4.71. The van der Waals surface area contributed by atoms with Gasteiger partial charge in [-0.15, -0.1) is 0 Å². The van der Waals surface area contributed by atoms with Crippen molar-refractivity contribution in [2.45, 2.75) is 174 Å². The molecule has 175 valence electrons. The van der Waals surface area contributed by atoms with Crippen molar-refractivity contribution in [2.24, 2.45) is 5.92 Å². The average Bonchev–Trinajstić information content (AvgIpc) is 2.73. The van der Waals surface area contributed by atoms with E-state index in [0.29, 0.717) is 0 Å². The second-order valence-electron chi connectivity index (χ2n) is 9.80. The van der Waals surface area contributed by atoms with Crippen LogP contribution in [0.3, 0.4) is 0 Å². The zero-order valence-corrected chi connectivity index (χ0v) is 21.0. The molecule has 1 radical (unpaired) electrons. The van der Waals surface area contributed by atoms with E-state index in [-0.39, 0.29) is 0 Å². The Morgan fingerprint density at radius 2 is 0.655 bits per heavy atom. The highest BCUT2D eigenvalue weighted by Crippen LogP contribution is 2.24. The maximum absolute atomic E-state index is 4.05. The molecule has 0 N–H and O–H groups in total. The van der Waals surface area contributed by atoms with Gasteiger partial charge in [-0.25, -0.2) is 0 Å². The number of unbranched alkanes of at least 4 members (excludes halogenated alkanes) is 19. The van der Waals surface area contributed by atoms with E-state index in [1.807, 2.05) is 0 Å². The molecule has 1 unspecified atom stereocenters. The summed E-state index contributed by atoms with van der Waals surface area (Å²) in [5, 5.41) is 0. The Hall–Kier alpha value is 0. The maximum atomic E-state index is 4.05. The van der Waals surface area contributed by atoms with Crippen LogP contribution < -0.4 is 0 Å². The van der Waals surface area contributed by atoms with Crippen LogP contribution in [0.5, 0.6) is 0 Å². The minimum Gasteiger partial charge on any atom is -0.0654 e. The van der Waals surface area contributed by atoms with E-state index in [1.54, 1.807) is 0 Å². The van der Waals surface area contributed by atoms with Gasteiger partial charge in [0, 0.05) is 0 Å². The standard InChI is InChI=1S/C29H59/c1-4-7-10-12-13-14-15-16-17-18-19-20-21-23-25-28-29(26-9-6-3)27-24-22-11-8-5-2/h29H,3-28H2,1-2H3. The molecule has 0 bridgehead atoms. The third-order valence-electron chi connectivity index (χ3n) is 6.79. The molecular weight excluding hydrogens is 348 g/mol. The highest BCUT2D eigenvalue weighted by molar-refractivity contribution is 4.62. The topological polar surface area (TPSA) is 0 Å². The van der Waals surface area contributed by atoms with E-state index < -0.39 is 0 Å². The van der Waals surface area contributed by atoms with Gasteiger partial charge < -0.3 is 0 Å². The van der Waals surface area contributed by atoms with Gasteiger partial charge in [0.25, 0.3) is 0 Å². The summed E-state index contributed by atoms with van der Waals surface area (Å²) in [5.74, 6) is 1.00. The van der Waals surface area contributed by atoms with E-state index in [1.165, 1.54) is 154 Å². The van der Waals surface area contributed by atoms with Gasteiger partial charge in [0.2, 0.25) is 0 Å². The molecule has 0 aromatic heterocycles. The Kier molecular flexibility index (Phi) is 26.0. The minimum atomic E-state index is 1.00. The Labute approximate surface area is 187 Å². The summed E-state index contributed by atoms with van der Waals surface area (Å²) < 4.78 is 0. The van der Waals surface area contributed by atoms with Gasteiger partial charge in [-0.1, -0.05) is 181 Å². The van der Waals surface area contributed by atoms with E-state index in [9.17, 15) is 0 Å². The first-order valence-corrected chi connectivity index (χ1v) is 14.1. The lowest BCUT2D eigenvalue weighted by atomic mass is 9.90. The molecule has 0 aliphatic rings. The Morgan fingerprint density at radius 3 is 0.966 bits per heavy atom. The Bertz CT molecular complexity index is 269. The number of rotatable bonds is 25. The molecular formula is C29H59. The highest BCUT2D eigenvalue weighted by Gasteiger charge is 2.08. The second kappa shape index (κ2) is 26.0. The molecule has 0 nitrogen and oxygen atoms in total. The van der Waals surface area contributed by atoms with Gasteiger partial charge in [-0.3, -0.25) is 0 Å². The van der Waals surface area contributed by atoms with Crippen molar-refractivity contribution in [2.75, 3.05) is 0 Å². The predicted molar refractivity (Wildman–Crippen MR) is 136 cm³/mol. The lowest BCUT2D eigenvalue weighted by Crippen LogP contribution is -2.01. The van der Waals surface area contributed by atoms with Crippen molar-refractivity contribution in [1.29, 1.82) is 0 Å². The van der Waals surface area contributed by atoms with E-state index in [0.717, 1.165) is 12.3 Å². The fraction of sp³-hybridized carbons (Fsp3) is 0.966. The number of hydrogen-bond donors (Lipinski definition) is 0. The molecule has 0 saturated heterocycles. The van der Waals surface area contributed by atoms with Crippen LogP contribution in [0.4, 0.5) is 0 Å². The molecule has 0 amide bonds. The van der Waals surface area contributed by atoms with Gasteiger partial charge in [-0.2, -0.15) is 0 Å². The van der Waals surface area contributed by atoms with Crippen LogP contribution in [0.25, 0.3) is 0 Å². The molecule has 0 fully saturated rings. The maximum Gasteiger partial charge on any atom is -0.0414 e. The summed E-state index contributed by atoms with van der Waals surface area (Å²) in [6.45, 7) is 8.67. The molecule has 0 aromatic carbocycles. The first kappa shape index (κ1) is 29.0. The van der Waals surface area contributed by atoms with Gasteiger partial charge in [0.05, 0.1) is 0 Å². The molecule has 1 atom stereocenters. The smallest absolute Gasteiger partial charge is 0.0414 e. The van der Waals surface area contributed by atoms with Crippen LogP contribution in [0, 0.1) is 12.8 Å². The van der Waals surface area contributed by atoms with Crippen LogP contribution in [0.1, 0.15) is 174 Å². The van der Waals surface area contributed by atoms with Crippen molar-refractivity contribution < 1.29 is 0 Å². The summed E-state index contributed by atoms with van der Waals surface area (Å²) in [6.07, 6.45) is 36.2. The third kappa shape index (κ3) is 24.1. The molecule has 0 spiro atoms. The molecule has 0 aliphatic heterocycles. The second-order valence-corrected chi connectivity index (χ2v) is 9.80. The van der Waals surface area contributed by atoms with Crippen molar-refractivity contribution in [3.63, 3.8) is 0 Å². The molecule has 0 heteroatoms. The SMILES string of the molecule is [CH2]CCCC(CCCCCCC)CCCCCCCCCCCCCCCCC. The van der Waals surface area contributed by atoms with Crippen molar-refractivity contribution in [1.82, 2.24) is 0 Å². The molecule has 0 heterocycles. The summed E-state index contributed by atoms with van der Waals surface area (Å²) in [6, 6.07) is 0. The Morgan fingerprint density at radius 1 is 0.379 bits per heavy atom. The number of hydrogen-bond acceptors (Lipinski definition) is 0. The van der Waals surface area contributed by atoms with Crippen molar-refractivity contribution >= 4 is 0 Å². The predicted octanol–water partition coefficient (Wildman–Crippen LogP) is 11.2. The lowest BCUT2D eigenvalue weighted by molar-refractivity contribution is 0.373. The third-order valence-corrected chi connectivity index (χ3v) is 6.79. The zero-order valence-electron chi connectivity index (χ0n) is 21.0. The molecule has 0 rings (SSSR count). The van der Waals surface area contributed by atoms with Crippen molar-refractivity contribution in [3.05, 3.63) is 6.92 Å². The van der Waals surface area contributed by atoms with Gasteiger partial charge in [0.15, 0.2) is 0 Å². The molecule has 0 saturated carbocycles. The van der Waals surface area contributed by atoms with Crippen LogP contribution in [-0.4, -0.2) is 0 Å². The van der Waals surface area contributed by atoms with Gasteiger partial charge in [0.1, 0.15) is 0 Å².